The SMILES string of the molecule is C[C@H](NC(=O)C1CCN(c2nc3ccccc3n2C)CC1)c1ccccc1. The fourth-order valence-corrected chi connectivity index (χ4v) is 3.91. The Morgan fingerprint density at radius 1 is 1.07 bits per heavy atom. The zero-order valence-electron chi connectivity index (χ0n) is 15.9. The molecule has 5 nitrogen and oxygen atoms in total. The molecule has 2 heterocycles. The summed E-state index contributed by atoms with van der Waals surface area (Å²) in [5.41, 5.74) is 3.30. The lowest BCUT2D eigenvalue weighted by molar-refractivity contribution is -0.126. The Labute approximate surface area is 160 Å². The summed E-state index contributed by atoms with van der Waals surface area (Å²) < 4.78 is 2.15. The molecule has 1 aromatic heterocycles. The maximum Gasteiger partial charge on any atom is 0.223 e. The van der Waals surface area contributed by atoms with E-state index in [1.54, 1.807) is 0 Å². The lowest BCUT2D eigenvalue weighted by atomic mass is 9.95. The van der Waals surface area contributed by atoms with Crippen molar-refractivity contribution in [1.82, 2.24) is 14.9 Å². The molecule has 1 aliphatic rings. The highest BCUT2D eigenvalue weighted by molar-refractivity contribution is 5.80. The lowest BCUT2D eigenvalue weighted by Crippen LogP contribution is -2.42. The summed E-state index contributed by atoms with van der Waals surface area (Å²) >= 11 is 0. The highest BCUT2D eigenvalue weighted by Crippen LogP contribution is 2.26. The molecule has 2 aromatic carbocycles. The van der Waals surface area contributed by atoms with Crippen molar-refractivity contribution in [3.63, 3.8) is 0 Å². The first kappa shape index (κ1) is 17.6. The van der Waals surface area contributed by atoms with Gasteiger partial charge in [0.25, 0.3) is 0 Å². The molecule has 140 valence electrons. The quantitative estimate of drug-likeness (QED) is 0.770. The van der Waals surface area contributed by atoms with Crippen molar-refractivity contribution in [3.05, 3.63) is 60.2 Å². The van der Waals surface area contributed by atoms with E-state index in [1.165, 1.54) is 0 Å². The van der Waals surface area contributed by atoms with Crippen molar-refractivity contribution < 1.29 is 4.79 Å². The van der Waals surface area contributed by atoms with Crippen molar-refractivity contribution in [2.75, 3.05) is 18.0 Å². The van der Waals surface area contributed by atoms with Gasteiger partial charge in [0.05, 0.1) is 17.1 Å². The standard InChI is InChI=1S/C22H26N4O/c1-16(17-8-4-3-5-9-17)23-21(27)18-12-14-26(15-13-18)22-24-19-10-6-7-11-20(19)25(22)2/h3-11,16,18H,12-15H2,1-2H3,(H,23,27)/t16-/m0/s1. The number of aromatic nitrogens is 2. The Kier molecular flexibility index (Phi) is 4.84. The van der Waals surface area contributed by atoms with E-state index in [1.807, 2.05) is 43.3 Å². The molecule has 0 spiro atoms. The van der Waals surface area contributed by atoms with E-state index in [2.05, 4.69) is 40.0 Å². The molecule has 0 bridgehead atoms. The molecule has 0 saturated carbocycles. The van der Waals surface area contributed by atoms with Crippen LogP contribution in [0, 0.1) is 5.92 Å². The molecule has 1 amide bonds. The molecular formula is C22H26N4O. The number of nitrogens with zero attached hydrogens (tertiary/aromatic N) is 3. The van der Waals surface area contributed by atoms with Gasteiger partial charge in [0.1, 0.15) is 0 Å². The predicted octanol–water partition coefficient (Wildman–Crippen LogP) is 3.67. The van der Waals surface area contributed by atoms with Gasteiger partial charge in [-0.2, -0.15) is 0 Å². The number of anilines is 1. The smallest absolute Gasteiger partial charge is 0.223 e. The second-order valence-electron chi connectivity index (χ2n) is 7.36. The van der Waals surface area contributed by atoms with E-state index >= 15 is 0 Å². The van der Waals surface area contributed by atoms with Crippen LogP contribution in [-0.4, -0.2) is 28.5 Å². The van der Waals surface area contributed by atoms with Gasteiger partial charge in [-0.15, -0.1) is 0 Å². The van der Waals surface area contributed by atoms with Crippen molar-refractivity contribution in [3.8, 4) is 0 Å². The van der Waals surface area contributed by atoms with Gasteiger partial charge in [0.15, 0.2) is 0 Å². The monoisotopic (exact) mass is 362 g/mol. The van der Waals surface area contributed by atoms with E-state index in [0.29, 0.717) is 0 Å². The molecule has 5 heteroatoms. The van der Waals surface area contributed by atoms with Gasteiger partial charge in [-0.05, 0) is 37.5 Å². The molecule has 1 fully saturated rings. The summed E-state index contributed by atoms with van der Waals surface area (Å²) in [6.07, 6.45) is 1.72. The van der Waals surface area contributed by atoms with Crippen LogP contribution in [0.15, 0.2) is 54.6 Å². The van der Waals surface area contributed by atoms with Gasteiger partial charge in [0, 0.05) is 26.1 Å². The number of benzene rings is 2. The highest BCUT2D eigenvalue weighted by Gasteiger charge is 2.27. The molecule has 1 atom stereocenters. The van der Waals surface area contributed by atoms with Crippen LogP contribution < -0.4 is 10.2 Å². The van der Waals surface area contributed by atoms with E-state index in [9.17, 15) is 4.79 Å². The summed E-state index contributed by atoms with van der Waals surface area (Å²) in [5.74, 6) is 1.23. The Bertz CT molecular complexity index is 926. The second-order valence-corrected chi connectivity index (χ2v) is 7.36. The minimum absolute atomic E-state index is 0.0385. The van der Waals surface area contributed by atoms with Crippen LogP contribution >= 0.6 is 0 Å². The number of amides is 1. The Morgan fingerprint density at radius 2 is 1.74 bits per heavy atom. The predicted molar refractivity (Wildman–Crippen MR) is 109 cm³/mol. The molecule has 0 unspecified atom stereocenters. The number of hydrogen-bond donors (Lipinski definition) is 1. The van der Waals surface area contributed by atoms with E-state index < -0.39 is 0 Å². The lowest BCUT2D eigenvalue weighted by Gasteiger charge is -2.32. The van der Waals surface area contributed by atoms with E-state index in [0.717, 1.165) is 48.5 Å². The van der Waals surface area contributed by atoms with E-state index in [4.69, 9.17) is 4.98 Å². The van der Waals surface area contributed by atoms with Gasteiger partial charge in [0.2, 0.25) is 11.9 Å². The molecule has 27 heavy (non-hydrogen) atoms. The maximum absolute atomic E-state index is 12.7. The fourth-order valence-electron chi connectivity index (χ4n) is 3.91. The zero-order valence-corrected chi connectivity index (χ0v) is 15.9. The van der Waals surface area contributed by atoms with Crippen LogP contribution in [0.25, 0.3) is 11.0 Å². The van der Waals surface area contributed by atoms with Crippen LogP contribution in [0.5, 0.6) is 0 Å². The zero-order chi connectivity index (χ0) is 18.8. The second kappa shape index (κ2) is 7.43. The molecule has 4 rings (SSSR count). The summed E-state index contributed by atoms with van der Waals surface area (Å²) in [5, 5.41) is 3.18. The van der Waals surface area contributed by atoms with Crippen molar-refractivity contribution >= 4 is 22.9 Å². The number of piperidine rings is 1. The van der Waals surface area contributed by atoms with Gasteiger partial charge >= 0.3 is 0 Å². The first-order valence-electron chi connectivity index (χ1n) is 9.65. The van der Waals surface area contributed by atoms with E-state index in [-0.39, 0.29) is 17.9 Å². The van der Waals surface area contributed by atoms with Crippen molar-refractivity contribution in [2.24, 2.45) is 13.0 Å². The largest absolute Gasteiger partial charge is 0.349 e. The fraction of sp³-hybridized carbons (Fsp3) is 0.364. The Hall–Kier alpha value is -2.82. The third-order valence-corrected chi connectivity index (χ3v) is 5.57. The number of imidazole rings is 1. The third kappa shape index (κ3) is 3.54. The molecule has 1 N–H and O–H groups in total. The number of hydrogen-bond acceptors (Lipinski definition) is 3. The van der Waals surface area contributed by atoms with Gasteiger partial charge in [-0.3, -0.25) is 4.79 Å². The summed E-state index contributed by atoms with van der Waals surface area (Å²) in [6, 6.07) is 18.4. The van der Waals surface area contributed by atoms with Crippen LogP contribution in [-0.2, 0) is 11.8 Å². The average molecular weight is 362 g/mol. The molecule has 1 aliphatic heterocycles. The molecule has 0 radical (unpaired) electrons. The van der Waals surface area contributed by atoms with Crippen LogP contribution in [0.4, 0.5) is 5.95 Å². The Morgan fingerprint density at radius 3 is 2.44 bits per heavy atom. The van der Waals surface area contributed by atoms with Crippen LogP contribution in [0.2, 0.25) is 0 Å². The molecule has 0 aliphatic carbocycles. The molecule has 3 aromatic rings. The number of carbonyl (C=O) groups is 1. The number of rotatable bonds is 4. The van der Waals surface area contributed by atoms with Gasteiger partial charge in [-0.1, -0.05) is 42.5 Å². The number of para-hydroxylation sites is 2. The van der Waals surface area contributed by atoms with Crippen molar-refractivity contribution in [1.29, 1.82) is 0 Å². The highest BCUT2D eigenvalue weighted by atomic mass is 16.1. The minimum atomic E-state index is 0.0385. The Balaban J connectivity index is 1.38. The van der Waals surface area contributed by atoms with Crippen molar-refractivity contribution in [2.45, 2.75) is 25.8 Å². The normalized spacial score (nSPS) is 16.4. The number of fused-ring (bicyclic) bond motifs is 1. The number of aryl methyl sites for hydroxylation is 1. The summed E-state index contributed by atoms with van der Waals surface area (Å²) in [4.78, 5) is 19.8. The number of nitrogens with one attached hydrogen (secondary N) is 1. The minimum Gasteiger partial charge on any atom is -0.349 e. The number of carbonyl (C=O) groups excluding carboxylic acids is 1. The summed E-state index contributed by atoms with van der Waals surface area (Å²) in [6.45, 7) is 3.76. The van der Waals surface area contributed by atoms with Gasteiger partial charge < -0.3 is 14.8 Å². The van der Waals surface area contributed by atoms with Crippen LogP contribution in [0.1, 0.15) is 31.4 Å². The third-order valence-electron chi connectivity index (χ3n) is 5.57. The van der Waals surface area contributed by atoms with Gasteiger partial charge in [-0.25, -0.2) is 4.98 Å². The first-order valence-corrected chi connectivity index (χ1v) is 9.65. The van der Waals surface area contributed by atoms with Crippen LogP contribution in [0.3, 0.4) is 0 Å². The molecule has 1 saturated heterocycles. The molecular weight excluding hydrogens is 336 g/mol. The average Bonchev–Trinajstić information content (AvgIpc) is 3.05. The summed E-state index contributed by atoms with van der Waals surface area (Å²) in [7, 11) is 2.06. The first-order chi connectivity index (χ1) is 13.1. The topological polar surface area (TPSA) is 50.2 Å². The maximum atomic E-state index is 12.7.